The molecule has 0 heterocycles. The van der Waals surface area contributed by atoms with Crippen molar-refractivity contribution < 1.29 is 19.1 Å². The maximum atomic E-state index is 12.3. The third-order valence-electron chi connectivity index (χ3n) is 4.50. The molecule has 176 valence electrons. The Balaban J connectivity index is 1.65. The monoisotopic (exact) mass is 587 g/mol. The van der Waals surface area contributed by atoms with Crippen molar-refractivity contribution in [1.29, 1.82) is 0 Å². The SMILES string of the molecule is CCOc1cc(/C=N/NC(=O)c2ccc(Br)cc2)cc(Br)c1OCC(=O)Nc1ccc(C)cc1. The Morgan fingerprint density at radius 1 is 1.00 bits per heavy atom. The molecular weight excluding hydrogens is 566 g/mol. The minimum absolute atomic E-state index is 0.191. The maximum Gasteiger partial charge on any atom is 0.271 e. The second-order valence-electron chi connectivity index (χ2n) is 7.17. The van der Waals surface area contributed by atoms with Gasteiger partial charge < -0.3 is 14.8 Å². The standard InChI is InChI=1S/C25H23Br2N3O4/c1-3-33-22-13-17(14-28-30-25(32)18-6-8-19(26)9-7-18)12-21(27)24(22)34-15-23(31)29-20-10-4-16(2)5-11-20/h4-14H,3,15H2,1-2H3,(H,29,31)(H,30,32)/b28-14+. The number of carbonyl (C=O) groups excluding carboxylic acids is 2. The van der Waals surface area contributed by atoms with Crippen LogP contribution in [0.15, 0.2) is 74.7 Å². The van der Waals surface area contributed by atoms with Crippen LogP contribution in [-0.2, 0) is 4.79 Å². The molecule has 2 N–H and O–H groups in total. The molecule has 0 atom stereocenters. The molecule has 0 unspecified atom stereocenters. The van der Waals surface area contributed by atoms with Crippen molar-refractivity contribution in [2.45, 2.75) is 13.8 Å². The van der Waals surface area contributed by atoms with Gasteiger partial charge >= 0.3 is 0 Å². The molecule has 3 rings (SSSR count). The van der Waals surface area contributed by atoms with E-state index in [1.165, 1.54) is 6.21 Å². The number of rotatable bonds is 9. The first-order chi connectivity index (χ1) is 16.4. The molecule has 9 heteroatoms. The molecule has 0 saturated heterocycles. The molecule has 3 aromatic rings. The van der Waals surface area contributed by atoms with Crippen LogP contribution in [0.1, 0.15) is 28.4 Å². The summed E-state index contributed by atoms with van der Waals surface area (Å²) < 4.78 is 12.9. The summed E-state index contributed by atoms with van der Waals surface area (Å²) in [6.07, 6.45) is 1.50. The maximum absolute atomic E-state index is 12.3. The Morgan fingerprint density at radius 3 is 2.38 bits per heavy atom. The van der Waals surface area contributed by atoms with E-state index in [9.17, 15) is 9.59 Å². The Morgan fingerprint density at radius 2 is 1.71 bits per heavy atom. The Hall–Kier alpha value is -3.17. The van der Waals surface area contributed by atoms with Crippen molar-refractivity contribution in [3.8, 4) is 11.5 Å². The van der Waals surface area contributed by atoms with Crippen molar-refractivity contribution in [3.63, 3.8) is 0 Å². The van der Waals surface area contributed by atoms with Gasteiger partial charge in [0.1, 0.15) is 0 Å². The van der Waals surface area contributed by atoms with Gasteiger partial charge in [-0.1, -0.05) is 33.6 Å². The fourth-order valence-corrected chi connectivity index (χ4v) is 3.71. The van der Waals surface area contributed by atoms with Crippen molar-refractivity contribution in [3.05, 3.63) is 86.3 Å². The Labute approximate surface area is 214 Å². The normalized spacial score (nSPS) is 10.7. The lowest BCUT2D eigenvalue weighted by Gasteiger charge is -2.14. The minimum Gasteiger partial charge on any atom is -0.490 e. The Bertz CT molecular complexity index is 1180. The Kier molecular flexibility index (Phi) is 9.24. The number of nitrogens with zero attached hydrogens (tertiary/aromatic N) is 1. The topological polar surface area (TPSA) is 89.0 Å². The second-order valence-corrected chi connectivity index (χ2v) is 8.94. The van der Waals surface area contributed by atoms with Gasteiger partial charge in [-0.05, 0) is 83.9 Å². The number of anilines is 1. The minimum atomic E-state index is -0.326. The van der Waals surface area contributed by atoms with Crippen LogP contribution in [0.4, 0.5) is 5.69 Å². The van der Waals surface area contributed by atoms with Crippen LogP contribution in [-0.4, -0.2) is 31.2 Å². The van der Waals surface area contributed by atoms with E-state index < -0.39 is 0 Å². The predicted octanol–water partition coefficient (Wildman–Crippen LogP) is 5.70. The molecule has 0 saturated carbocycles. The van der Waals surface area contributed by atoms with Gasteiger partial charge in [-0.15, -0.1) is 0 Å². The first-order valence-electron chi connectivity index (χ1n) is 10.4. The first-order valence-corrected chi connectivity index (χ1v) is 12.0. The molecule has 2 amide bonds. The molecule has 0 aliphatic rings. The van der Waals surface area contributed by atoms with E-state index in [2.05, 4.69) is 47.7 Å². The fraction of sp³-hybridized carbons (Fsp3) is 0.160. The number of benzene rings is 3. The fourth-order valence-electron chi connectivity index (χ4n) is 2.87. The van der Waals surface area contributed by atoms with Crippen LogP contribution in [0, 0.1) is 6.92 Å². The van der Waals surface area contributed by atoms with Crippen LogP contribution >= 0.6 is 31.9 Å². The molecule has 0 aromatic heterocycles. The van der Waals surface area contributed by atoms with Gasteiger partial charge in [0.25, 0.3) is 11.8 Å². The zero-order valence-electron chi connectivity index (χ0n) is 18.6. The van der Waals surface area contributed by atoms with Gasteiger partial charge in [-0.2, -0.15) is 5.10 Å². The molecule has 0 fully saturated rings. The van der Waals surface area contributed by atoms with Gasteiger partial charge in [-0.3, -0.25) is 9.59 Å². The highest BCUT2D eigenvalue weighted by Gasteiger charge is 2.14. The van der Waals surface area contributed by atoms with E-state index in [0.29, 0.717) is 39.4 Å². The van der Waals surface area contributed by atoms with Gasteiger partial charge in [0, 0.05) is 15.7 Å². The smallest absolute Gasteiger partial charge is 0.271 e. The van der Waals surface area contributed by atoms with E-state index in [4.69, 9.17) is 9.47 Å². The zero-order valence-corrected chi connectivity index (χ0v) is 21.8. The van der Waals surface area contributed by atoms with Crippen LogP contribution in [0.25, 0.3) is 0 Å². The average Bonchev–Trinajstić information content (AvgIpc) is 2.80. The molecule has 0 radical (unpaired) electrons. The summed E-state index contributed by atoms with van der Waals surface area (Å²) >= 11 is 6.80. The highest BCUT2D eigenvalue weighted by molar-refractivity contribution is 9.10. The lowest BCUT2D eigenvalue weighted by atomic mass is 10.2. The number of nitrogens with one attached hydrogen (secondary N) is 2. The van der Waals surface area contributed by atoms with Crippen LogP contribution < -0.4 is 20.2 Å². The number of hydrogen-bond acceptors (Lipinski definition) is 5. The van der Waals surface area contributed by atoms with Gasteiger partial charge in [0.2, 0.25) is 0 Å². The number of halogens is 2. The van der Waals surface area contributed by atoms with Crippen molar-refractivity contribution in [1.82, 2.24) is 5.43 Å². The zero-order chi connectivity index (χ0) is 24.5. The van der Waals surface area contributed by atoms with Crippen LogP contribution in [0.3, 0.4) is 0 Å². The summed E-state index contributed by atoms with van der Waals surface area (Å²) in [5.74, 6) is 0.226. The summed E-state index contributed by atoms with van der Waals surface area (Å²) in [5, 5.41) is 6.81. The average molecular weight is 589 g/mol. The number of aryl methyl sites for hydroxylation is 1. The molecule has 7 nitrogen and oxygen atoms in total. The third-order valence-corrected chi connectivity index (χ3v) is 5.62. The van der Waals surface area contributed by atoms with E-state index in [-0.39, 0.29) is 18.4 Å². The van der Waals surface area contributed by atoms with Crippen molar-refractivity contribution in [2.24, 2.45) is 5.10 Å². The molecular formula is C25H23Br2N3O4. The molecule has 0 aliphatic heterocycles. The van der Waals surface area contributed by atoms with Gasteiger partial charge in [0.15, 0.2) is 18.1 Å². The first kappa shape index (κ1) is 25.5. The summed E-state index contributed by atoms with van der Waals surface area (Å²) in [6.45, 7) is 4.04. The number of hydrazone groups is 1. The summed E-state index contributed by atoms with van der Waals surface area (Å²) in [6, 6.07) is 17.9. The molecule has 0 aliphatic carbocycles. The lowest BCUT2D eigenvalue weighted by molar-refractivity contribution is -0.118. The second kappa shape index (κ2) is 12.3. The van der Waals surface area contributed by atoms with E-state index in [0.717, 1.165) is 10.0 Å². The third kappa shape index (κ3) is 7.43. The summed E-state index contributed by atoms with van der Waals surface area (Å²) in [5.41, 5.74) is 5.46. The van der Waals surface area contributed by atoms with E-state index in [1.807, 2.05) is 38.1 Å². The predicted molar refractivity (Wildman–Crippen MR) is 140 cm³/mol. The lowest BCUT2D eigenvalue weighted by Crippen LogP contribution is -2.20. The summed E-state index contributed by atoms with van der Waals surface area (Å²) in [7, 11) is 0. The van der Waals surface area contributed by atoms with Crippen molar-refractivity contribution >= 4 is 55.6 Å². The van der Waals surface area contributed by atoms with Crippen LogP contribution in [0.2, 0.25) is 0 Å². The highest BCUT2D eigenvalue weighted by atomic mass is 79.9. The molecule has 0 bridgehead atoms. The highest BCUT2D eigenvalue weighted by Crippen LogP contribution is 2.36. The van der Waals surface area contributed by atoms with E-state index >= 15 is 0 Å². The van der Waals surface area contributed by atoms with Gasteiger partial charge in [0.05, 0.1) is 17.3 Å². The van der Waals surface area contributed by atoms with Crippen molar-refractivity contribution in [2.75, 3.05) is 18.5 Å². The largest absolute Gasteiger partial charge is 0.490 e. The number of hydrogen-bond donors (Lipinski definition) is 2. The number of amides is 2. The summed E-state index contributed by atoms with van der Waals surface area (Å²) in [4.78, 5) is 24.5. The quantitative estimate of drug-likeness (QED) is 0.248. The molecule has 0 spiro atoms. The number of carbonyl (C=O) groups is 2. The van der Waals surface area contributed by atoms with E-state index in [1.54, 1.807) is 36.4 Å². The molecule has 3 aromatic carbocycles. The van der Waals surface area contributed by atoms with Gasteiger partial charge in [-0.25, -0.2) is 5.43 Å². The molecule has 34 heavy (non-hydrogen) atoms. The van der Waals surface area contributed by atoms with Crippen LogP contribution in [0.5, 0.6) is 11.5 Å². The number of ether oxygens (including phenoxy) is 2.